The molecule has 0 aliphatic rings. The van der Waals surface area contributed by atoms with Crippen LogP contribution in [0.4, 0.5) is 13.2 Å². The molecule has 152 valence electrons. The Morgan fingerprint density at radius 2 is 1.82 bits per heavy atom. The van der Waals surface area contributed by atoms with Crippen LogP contribution < -0.4 is 10.0 Å². The molecule has 10 heteroatoms. The van der Waals surface area contributed by atoms with Gasteiger partial charge in [-0.3, -0.25) is 4.79 Å². The fraction of sp³-hybridized carbons (Fsp3) is 0.278. The van der Waals surface area contributed by atoms with Crippen molar-refractivity contribution in [3.05, 3.63) is 64.1 Å². The number of hydrogen-bond donors (Lipinski definition) is 2. The number of hydrogen-bond acceptors (Lipinski definition) is 3. The van der Waals surface area contributed by atoms with Gasteiger partial charge in [0.25, 0.3) is 0 Å². The van der Waals surface area contributed by atoms with Crippen LogP contribution in [0.25, 0.3) is 0 Å². The molecule has 0 aliphatic carbocycles. The van der Waals surface area contributed by atoms with Gasteiger partial charge in [-0.1, -0.05) is 34.1 Å². The molecule has 2 aromatic rings. The van der Waals surface area contributed by atoms with E-state index in [-0.39, 0.29) is 17.9 Å². The lowest BCUT2D eigenvalue weighted by atomic mass is 10.0. The Bertz CT molecular complexity index is 949. The van der Waals surface area contributed by atoms with Crippen LogP contribution in [0.5, 0.6) is 0 Å². The average Bonchev–Trinajstić information content (AvgIpc) is 2.61. The van der Waals surface area contributed by atoms with E-state index in [1.807, 2.05) is 0 Å². The first-order chi connectivity index (χ1) is 13.0. The molecule has 0 heterocycles. The minimum absolute atomic E-state index is 0.0552. The predicted octanol–water partition coefficient (Wildman–Crippen LogP) is 4.01. The zero-order valence-electron chi connectivity index (χ0n) is 14.8. The van der Waals surface area contributed by atoms with Crippen molar-refractivity contribution in [3.8, 4) is 0 Å². The fourth-order valence-electron chi connectivity index (χ4n) is 2.40. The van der Waals surface area contributed by atoms with Crippen LogP contribution in [0.15, 0.2) is 57.9 Å². The number of benzene rings is 2. The lowest BCUT2D eigenvalue weighted by molar-refractivity contribution is -0.137. The van der Waals surface area contributed by atoms with E-state index in [2.05, 4.69) is 26.0 Å². The quantitative estimate of drug-likeness (QED) is 0.630. The second-order valence-electron chi connectivity index (χ2n) is 6.02. The number of rotatable bonds is 7. The number of sulfonamides is 1. The molecule has 0 radical (unpaired) electrons. The maximum absolute atomic E-state index is 12.8. The minimum Gasteiger partial charge on any atom is -0.350 e. The van der Waals surface area contributed by atoms with Gasteiger partial charge in [0.1, 0.15) is 0 Å². The SMILES string of the molecule is CC(NC(=O)CCNS(=O)(=O)c1cccc(Br)c1)c1cccc(C(F)(F)F)c1. The molecule has 0 bridgehead atoms. The van der Waals surface area contributed by atoms with E-state index >= 15 is 0 Å². The monoisotopic (exact) mass is 478 g/mol. The van der Waals surface area contributed by atoms with Crippen LogP contribution in [0.2, 0.25) is 0 Å². The molecule has 0 saturated heterocycles. The minimum atomic E-state index is -4.47. The maximum Gasteiger partial charge on any atom is 0.416 e. The molecular formula is C18H18BrF3N2O3S. The summed E-state index contributed by atoms with van der Waals surface area (Å²) >= 11 is 3.19. The lowest BCUT2D eigenvalue weighted by Gasteiger charge is -2.16. The molecule has 5 nitrogen and oxygen atoms in total. The summed E-state index contributed by atoms with van der Waals surface area (Å²) in [6.07, 6.45) is -4.62. The molecule has 0 aromatic heterocycles. The molecule has 0 spiro atoms. The van der Waals surface area contributed by atoms with Crippen molar-refractivity contribution in [1.29, 1.82) is 0 Å². The van der Waals surface area contributed by atoms with Gasteiger partial charge in [-0.2, -0.15) is 13.2 Å². The molecule has 28 heavy (non-hydrogen) atoms. The molecule has 2 N–H and O–H groups in total. The zero-order valence-corrected chi connectivity index (χ0v) is 17.2. The van der Waals surface area contributed by atoms with Crippen LogP contribution >= 0.6 is 15.9 Å². The van der Waals surface area contributed by atoms with Crippen molar-refractivity contribution >= 4 is 31.9 Å². The number of carbonyl (C=O) groups excluding carboxylic acids is 1. The highest BCUT2D eigenvalue weighted by Gasteiger charge is 2.30. The fourth-order valence-corrected chi connectivity index (χ4v) is 4.03. The topological polar surface area (TPSA) is 75.3 Å². The Kier molecular flexibility index (Phi) is 7.24. The summed E-state index contributed by atoms with van der Waals surface area (Å²) in [6, 6.07) is 10.1. The standard InChI is InChI=1S/C18H18BrF3N2O3S/c1-12(13-4-2-5-14(10-13)18(20,21)22)24-17(25)8-9-23-28(26,27)16-7-3-6-15(19)11-16/h2-7,10-12,23H,8-9H2,1H3,(H,24,25). The molecule has 1 unspecified atom stereocenters. The van der Waals surface area contributed by atoms with Crippen molar-refractivity contribution in [2.75, 3.05) is 6.54 Å². The third-order valence-corrected chi connectivity index (χ3v) is 5.79. The van der Waals surface area contributed by atoms with Crippen LogP contribution in [-0.2, 0) is 21.0 Å². The number of carbonyl (C=O) groups is 1. The van der Waals surface area contributed by atoms with Gasteiger partial charge in [-0.05, 0) is 42.8 Å². The smallest absolute Gasteiger partial charge is 0.350 e. The summed E-state index contributed by atoms with van der Waals surface area (Å²) in [5, 5.41) is 2.56. The van der Waals surface area contributed by atoms with Crippen LogP contribution in [-0.4, -0.2) is 20.9 Å². The number of alkyl halides is 3. The summed E-state index contributed by atoms with van der Waals surface area (Å²) in [5.41, 5.74) is -0.495. The van der Waals surface area contributed by atoms with Crippen molar-refractivity contribution < 1.29 is 26.4 Å². The molecule has 0 saturated carbocycles. The molecular weight excluding hydrogens is 461 g/mol. The van der Waals surface area contributed by atoms with Crippen LogP contribution in [0, 0.1) is 0 Å². The van der Waals surface area contributed by atoms with Gasteiger partial charge in [0.05, 0.1) is 16.5 Å². The van der Waals surface area contributed by atoms with Gasteiger partial charge in [0, 0.05) is 17.4 Å². The van der Waals surface area contributed by atoms with E-state index < -0.39 is 33.7 Å². The lowest BCUT2D eigenvalue weighted by Crippen LogP contribution is -2.32. The van der Waals surface area contributed by atoms with E-state index in [1.165, 1.54) is 24.3 Å². The van der Waals surface area contributed by atoms with Gasteiger partial charge < -0.3 is 5.32 Å². The third-order valence-electron chi connectivity index (χ3n) is 3.84. The van der Waals surface area contributed by atoms with E-state index in [0.717, 1.165) is 12.1 Å². The first kappa shape index (κ1) is 22.4. The first-order valence-corrected chi connectivity index (χ1v) is 10.5. The second kappa shape index (κ2) is 9.06. The molecule has 0 fully saturated rings. The number of halogens is 4. The van der Waals surface area contributed by atoms with E-state index in [9.17, 15) is 26.4 Å². The Morgan fingerprint density at radius 1 is 1.14 bits per heavy atom. The molecule has 1 atom stereocenters. The van der Waals surface area contributed by atoms with Gasteiger partial charge in [-0.25, -0.2) is 13.1 Å². The summed E-state index contributed by atoms with van der Waals surface area (Å²) in [5.74, 6) is -0.484. The Morgan fingerprint density at radius 3 is 2.46 bits per heavy atom. The van der Waals surface area contributed by atoms with Gasteiger partial charge in [-0.15, -0.1) is 0 Å². The third kappa shape index (κ3) is 6.32. The second-order valence-corrected chi connectivity index (χ2v) is 8.70. The number of amides is 1. The molecule has 2 rings (SSSR count). The van der Waals surface area contributed by atoms with E-state index in [0.29, 0.717) is 10.0 Å². The van der Waals surface area contributed by atoms with Gasteiger partial charge >= 0.3 is 6.18 Å². The maximum atomic E-state index is 12.8. The van der Waals surface area contributed by atoms with Gasteiger partial charge in [0.15, 0.2) is 0 Å². The Labute approximate surface area is 169 Å². The molecule has 0 aliphatic heterocycles. The van der Waals surface area contributed by atoms with E-state index in [4.69, 9.17) is 0 Å². The summed E-state index contributed by atoms with van der Waals surface area (Å²) < 4.78 is 65.6. The van der Waals surface area contributed by atoms with Crippen molar-refractivity contribution in [1.82, 2.24) is 10.0 Å². The summed E-state index contributed by atoms with van der Waals surface area (Å²) in [4.78, 5) is 12.1. The van der Waals surface area contributed by atoms with Crippen molar-refractivity contribution in [3.63, 3.8) is 0 Å². The normalized spacial score (nSPS) is 13.2. The number of nitrogens with one attached hydrogen (secondary N) is 2. The van der Waals surface area contributed by atoms with E-state index in [1.54, 1.807) is 19.1 Å². The van der Waals surface area contributed by atoms with Crippen molar-refractivity contribution in [2.45, 2.75) is 30.5 Å². The highest BCUT2D eigenvalue weighted by atomic mass is 79.9. The van der Waals surface area contributed by atoms with Gasteiger partial charge in [0.2, 0.25) is 15.9 Å². The Hall–Kier alpha value is -1.91. The highest BCUT2D eigenvalue weighted by molar-refractivity contribution is 9.10. The summed E-state index contributed by atoms with van der Waals surface area (Å²) in [7, 11) is -3.77. The molecule has 1 amide bonds. The zero-order chi connectivity index (χ0) is 20.9. The van der Waals surface area contributed by atoms with Crippen LogP contribution in [0.3, 0.4) is 0 Å². The summed E-state index contributed by atoms with van der Waals surface area (Å²) in [6.45, 7) is 1.41. The van der Waals surface area contributed by atoms with Crippen molar-refractivity contribution in [2.24, 2.45) is 0 Å². The molecule has 2 aromatic carbocycles. The largest absolute Gasteiger partial charge is 0.416 e. The predicted molar refractivity (Wildman–Crippen MR) is 102 cm³/mol. The van der Waals surface area contributed by atoms with Crippen LogP contribution in [0.1, 0.15) is 30.5 Å². The average molecular weight is 479 g/mol. The highest BCUT2D eigenvalue weighted by Crippen LogP contribution is 2.30. The Balaban J connectivity index is 1.90. The first-order valence-electron chi connectivity index (χ1n) is 8.21.